The second-order valence-corrected chi connectivity index (χ2v) is 2.83. The summed E-state index contributed by atoms with van der Waals surface area (Å²) in [5.74, 6) is 5.13. The molecule has 0 aliphatic rings. The smallest absolute Gasteiger partial charge is 0.193 e. The van der Waals surface area contributed by atoms with E-state index in [4.69, 9.17) is 0 Å². The summed E-state index contributed by atoms with van der Waals surface area (Å²) in [5, 5.41) is 0. The topological polar surface area (TPSA) is 17.1 Å². The van der Waals surface area contributed by atoms with Gasteiger partial charge in [0.1, 0.15) is 0 Å². The number of aryl methyl sites for hydroxylation is 1. The van der Waals surface area contributed by atoms with Crippen LogP contribution in [-0.2, 0) is 11.2 Å². The van der Waals surface area contributed by atoms with Crippen LogP contribution >= 0.6 is 0 Å². The van der Waals surface area contributed by atoms with Gasteiger partial charge in [-0.3, -0.25) is 4.79 Å². The quantitative estimate of drug-likeness (QED) is 0.493. The number of hydrogen-bond acceptors (Lipinski definition) is 1. The fraction of sp³-hybridized carbons (Fsp3) is 0.250. The number of hydrogen-bond donors (Lipinski definition) is 0. The van der Waals surface area contributed by atoms with Gasteiger partial charge >= 0.3 is 0 Å². The van der Waals surface area contributed by atoms with Crippen LogP contribution in [0.4, 0.5) is 0 Å². The molecular weight excluding hydrogens is 160 g/mol. The largest absolute Gasteiger partial charge is 0.289 e. The molecule has 0 bridgehead atoms. The van der Waals surface area contributed by atoms with Gasteiger partial charge in [-0.2, -0.15) is 0 Å². The maximum atomic E-state index is 9.97. The molecule has 0 atom stereocenters. The molecule has 0 radical (unpaired) electrons. The number of benzene rings is 1. The molecule has 66 valence electrons. The Balaban J connectivity index is 2.74. The molecule has 0 heterocycles. The van der Waals surface area contributed by atoms with Gasteiger partial charge in [-0.15, -0.1) is 0 Å². The predicted molar refractivity (Wildman–Crippen MR) is 53.4 cm³/mol. The highest BCUT2D eigenvalue weighted by Gasteiger charge is 1.90. The number of carbonyl (C=O) groups is 1. The number of aldehydes is 1. The van der Waals surface area contributed by atoms with Crippen molar-refractivity contribution in [2.75, 3.05) is 0 Å². The van der Waals surface area contributed by atoms with Gasteiger partial charge in [0.2, 0.25) is 0 Å². The van der Waals surface area contributed by atoms with Gasteiger partial charge in [-0.05, 0) is 30.0 Å². The first-order valence-electron chi connectivity index (χ1n) is 4.41. The minimum Gasteiger partial charge on any atom is -0.289 e. The first kappa shape index (κ1) is 9.54. The summed E-state index contributed by atoms with van der Waals surface area (Å²) in [6.07, 6.45) is 2.86. The van der Waals surface area contributed by atoms with Crippen LogP contribution in [0.5, 0.6) is 0 Å². The van der Waals surface area contributed by atoms with Gasteiger partial charge in [0.25, 0.3) is 0 Å². The summed E-state index contributed by atoms with van der Waals surface area (Å²) in [4.78, 5) is 9.97. The minimum atomic E-state index is 0.611. The Labute approximate surface area is 78.8 Å². The standard InChI is InChI=1S/C12H12O/c1-2-4-11-6-8-12(9-7-11)5-3-10-13/h6-10H,2,4H2,1H3. The van der Waals surface area contributed by atoms with E-state index in [0.717, 1.165) is 18.4 Å². The van der Waals surface area contributed by atoms with Gasteiger partial charge in [0, 0.05) is 5.56 Å². The van der Waals surface area contributed by atoms with Crippen LogP contribution < -0.4 is 0 Å². The third-order valence-corrected chi connectivity index (χ3v) is 1.77. The average Bonchev–Trinajstić information content (AvgIpc) is 2.17. The van der Waals surface area contributed by atoms with Crippen molar-refractivity contribution in [1.82, 2.24) is 0 Å². The van der Waals surface area contributed by atoms with Gasteiger partial charge in [-0.1, -0.05) is 31.4 Å². The molecule has 0 saturated heterocycles. The Morgan fingerprint density at radius 3 is 2.54 bits per heavy atom. The molecule has 1 rings (SSSR count). The van der Waals surface area contributed by atoms with E-state index in [1.807, 2.05) is 12.1 Å². The highest BCUT2D eigenvalue weighted by molar-refractivity contribution is 5.73. The molecule has 1 heteroatoms. The van der Waals surface area contributed by atoms with E-state index in [1.54, 1.807) is 0 Å². The summed E-state index contributed by atoms with van der Waals surface area (Å²) in [5.41, 5.74) is 2.21. The molecule has 1 aromatic carbocycles. The monoisotopic (exact) mass is 172 g/mol. The highest BCUT2D eigenvalue weighted by Crippen LogP contribution is 2.05. The van der Waals surface area contributed by atoms with Crippen LogP contribution in [0.1, 0.15) is 24.5 Å². The lowest BCUT2D eigenvalue weighted by atomic mass is 10.1. The summed E-state index contributed by atoms with van der Waals surface area (Å²) in [6, 6.07) is 8.00. The molecule has 0 aliphatic carbocycles. The normalized spacial score (nSPS) is 8.69. The average molecular weight is 172 g/mol. The van der Waals surface area contributed by atoms with Gasteiger partial charge < -0.3 is 0 Å². The van der Waals surface area contributed by atoms with E-state index >= 15 is 0 Å². The zero-order valence-electron chi connectivity index (χ0n) is 7.71. The maximum Gasteiger partial charge on any atom is 0.193 e. The summed E-state index contributed by atoms with van der Waals surface area (Å²) >= 11 is 0. The van der Waals surface area contributed by atoms with Crippen LogP contribution in [0.15, 0.2) is 24.3 Å². The van der Waals surface area contributed by atoms with Crippen molar-refractivity contribution in [3.05, 3.63) is 35.4 Å². The Kier molecular flexibility index (Phi) is 3.78. The first-order valence-corrected chi connectivity index (χ1v) is 4.41. The van der Waals surface area contributed by atoms with Gasteiger partial charge in [0.15, 0.2) is 6.29 Å². The second-order valence-electron chi connectivity index (χ2n) is 2.83. The van der Waals surface area contributed by atoms with E-state index in [9.17, 15) is 4.79 Å². The van der Waals surface area contributed by atoms with Crippen molar-refractivity contribution in [2.24, 2.45) is 0 Å². The van der Waals surface area contributed by atoms with Crippen molar-refractivity contribution >= 4 is 6.29 Å². The first-order chi connectivity index (χ1) is 6.36. The molecule has 1 aromatic rings. The van der Waals surface area contributed by atoms with Crippen LogP contribution in [0.2, 0.25) is 0 Å². The number of rotatable bonds is 2. The Morgan fingerprint density at radius 2 is 2.00 bits per heavy atom. The third-order valence-electron chi connectivity index (χ3n) is 1.77. The molecule has 0 amide bonds. The van der Waals surface area contributed by atoms with E-state index in [2.05, 4.69) is 30.9 Å². The lowest BCUT2D eigenvalue weighted by molar-refractivity contribution is -0.103. The van der Waals surface area contributed by atoms with Crippen molar-refractivity contribution in [3.8, 4) is 11.8 Å². The van der Waals surface area contributed by atoms with Crippen LogP contribution in [0, 0.1) is 11.8 Å². The summed E-state index contributed by atoms with van der Waals surface area (Å²) in [6.45, 7) is 2.15. The highest BCUT2D eigenvalue weighted by atomic mass is 16.1. The molecule has 0 N–H and O–H groups in total. The fourth-order valence-electron chi connectivity index (χ4n) is 1.16. The summed E-state index contributed by atoms with van der Waals surface area (Å²) < 4.78 is 0. The van der Waals surface area contributed by atoms with Crippen molar-refractivity contribution in [3.63, 3.8) is 0 Å². The molecule has 0 spiro atoms. The van der Waals surface area contributed by atoms with Gasteiger partial charge in [0.05, 0.1) is 0 Å². The predicted octanol–water partition coefficient (Wildman–Crippen LogP) is 2.19. The SMILES string of the molecule is CCCc1ccc(C#CC=O)cc1. The third kappa shape index (κ3) is 3.13. The van der Waals surface area contributed by atoms with Crippen LogP contribution in [-0.4, -0.2) is 6.29 Å². The van der Waals surface area contributed by atoms with Crippen molar-refractivity contribution in [1.29, 1.82) is 0 Å². The van der Waals surface area contributed by atoms with Crippen LogP contribution in [0.3, 0.4) is 0 Å². The molecule has 0 saturated carbocycles. The minimum absolute atomic E-state index is 0.611. The molecular formula is C12H12O. The lowest BCUT2D eigenvalue weighted by Crippen LogP contribution is -1.82. The Bertz CT molecular complexity index is 324. The second kappa shape index (κ2) is 5.16. The number of carbonyl (C=O) groups excluding carboxylic acids is 1. The van der Waals surface area contributed by atoms with Gasteiger partial charge in [-0.25, -0.2) is 0 Å². The fourth-order valence-corrected chi connectivity index (χ4v) is 1.16. The molecule has 0 fully saturated rings. The molecule has 1 nitrogen and oxygen atoms in total. The molecule has 0 unspecified atom stereocenters. The van der Waals surface area contributed by atoms with E-state index < -0.39 is 0 Å². The summed E-state index contributed by atoms with van der Waals surface area (Å²) in [7, 11) is 0. The Morgan fingerprint density at radius 1 is 1.31 bits per heavy atom. The van der Waals surface area contributed by atoms with Crippen LogP contribution in [0.25, 0.3) is 0 Å². The zero-order valence-corrected chi connectivity index (χ0v) is 7.71. The van der Waals surface area contributed by atoms with Crippen molar-refractivity contribution < 1.29 is 4.79 Å². The van der Waals surface area contributed by atoms with E-state index in [-0.39, 0.29) is 0 Å². The molecule has 0 aliphatic heterocycles. The Hall–Kier alpha value is -1.55. The lowest BCUT2D eigenvalue weighted by Gasteiger charge is -1.96. The van der Waals surface area contributed by atoms with E-state index in [1.165, 1.54) is 5.56 Å². The van der Waals surface area contributed by atoms with E-state index in [0.29, 0.717) is 6.29 Å². The molecule has 13 heavy (non-hydrogen) atoms. The molecule has 0 aromatic heterocycles. The maximum absolute atomic E-state index is 9.97. The zero-order chi connectivity index (χ0) is 9.52. The van der Waals surface area contributed by atoms with Crippen molar-refractivity contribution in [2.45, 2.75) is 19.8 Å².